The van der Waals surface area contributed by atoms with Gasteiger partial charge < -0.3 is 19.9 Å². The Balaban J connectivity index is 1.52. The van der Waals surface area contributed by atoms with E-state index in [4.69, 9.17) is 4.74 Å². The van der Waals surface area contributed by atoms with Gasteiger partial charge in [-0.1, -0.05) is 12.1 Å². The predicted octanol–water partition coefficient (Wildman–Crippen LogP) is 2.01. The minimum absolute atomic E-state index is 0.155. The van der Waals surface area contributed by atoms with Crippen molar-refractivity contribution in [1.29, 1.82) is 0 Å². The molecule has 1 saturated heterocycles. The first-order valence-corrected chi connectivity index (χ1v) is 11.4. The van der Waals surface area contributed by atoms with Crippen LogP contribution >= 0.6 is 0 Å². The van der Waals surface area contributed by atoms with Gasteiger partial charge in [0.05, 0.1) is 12.9 Å². The standard InChI is InChI=1S/C21H27FN4O3S/c1-23-21(24-11-16-30(27,28)20-6-4-3-5-19(20)22)26-14-12-25(13-15-26)17-7-9-18(29-2)10-8-17/h3-10H,11-16H2,1-2H3,(H,23,24). The van der Waals surface area contributed by atoms with Crippen molar-refractivity contribution in [2.24, 2.45) is 4.99 Å². The molecule has 0 aromatic heterocycles. The summed E-state index contributed by atoms with van der Waals surface area (Å²) in [5.41, 5.74) is 1.13. The smallest absolute Gasteiger partial charge is 0.193 e. The lowest BCUT2D eigenvalue weighted by Crippen LogP contribution is -2.53. The molecule has 0 amide bonds. The lowest BCUT2D eigenvalue weighted by atomic mass is 10.2. The highest BCUT2D eigenvalue weighted by Crippen LogP contribution is 2.20. The van der Waals surface area contributed by atoms with E-state index in [-0.39, 0.29) is 17.2 Å². The summed E-state index contributed by atoms with van der Waals surface area (Å²) in [6.07, 6.45) is 0. The van der Waals surface area contributed by atoms with E-state index in [0.29, 0.717) is 5.96 Å². The van der Waals surface area contributed by atoms with Crippen LogP contribution in [0.4, 0.5) is 10.1 Å². The van der Waals surface area contributed by atoms with Crippen LogP contribution in [0.15, 0.2) is 58.4 Å². The number of hydrogen-bond acceptors (Lipinski definition) is 5. The average molecular weight is 435 g/mol. The van der Waals surface area contributed by atoms with Gasteiger partial charge in [-0.2, -0.15) is 0 Å². The zero-order valence-electron chi connectivity index (χ0n) is 17.2. The van der Waals surface area contributed by atoms with Crippen molar-refractivity contribution in [1.82, 2.24) is 10.2 Å². The molecule has 1 heterocycles. The summed E-state index contributed by atoms with van der Waals surface area (Å²) in [5.74, 6) is 0.538. The normalized spacial score (nSPS) is 15.2. The lowest BCUT2D eigenvalue weighted by Gasteiger charge is -2.37. The Kier molecular flexibility index (Phi) is 7.15. The van der Waals surface area contributed by atoms with E-state index < -0.39 is 15.7 Å². The van der Waals surface area contributed by atoms with Gasteiger partial charge in [0.1, 0.15) is 16.5 Å². The molecular weight excluding hydrogens is 407 g/mol. The molecule has 2 aromatic carbocycles. The Morgan fingerprint density at radius 2 is 1.77 bits per heavy atom. The quantitative estimate of drug-likeness (QED) is 0.554. The molecule has 0 bridgehead atoms. The number of rotatable bonds is 6. The molecule has 30 heavy (non-hydrogen) atoms. The molecule has 0 atom stereocenters. The van der Waals surface area contributed by atoms with Crippen LogP contribution in [0.25, 0.3) is 0 Å². The Morgan fingerprint density at radius 1 is 1.10 bits per heavy atom. The summed E-state index contributed by atoms with van der Waals surface area (Å²) in [4.78, 5) is 8.38. The van der Waals surface area contributed by atoms with Crippen molar-refractivity contribution >= 4 is 21.5 Å². The third-order valence-corrected chi connectivity index (χ3v) is 6.80. The third kappa shape index (κ3) is 5.21. The first-order valence-electron chi connectivity index (χ1n) is 9.76. The van der Waals surface area contributed by atoms with Crippen LogP contribution in [0, 0.1) is 5.82 Å². The molecule has 0 unspecified atom stereocenters. The van der Waals surface area contributed by atoms with Gasteiger partial charge >= 0.3 is 0 Å². The fourth-order valence-corrected chi connectivity index (χ4v) is 4.65. The molecule has 0 spiro atoms. The highest BCUT2D eigenvalue weighted by molar-refractivity contribution is 7.91. The molecule has 0 radical (unpaired) electrons. The van der Waals surface area contributed by atoms with E-state index >= 15 is 0 Å². The average Bonchev–Trinajstić information content (AvgIpc) is 2.77. The van der Waals surface area contributed by atoms with Crippen molar-refractivity contribution in [3.05, 3.63) is 54.3 Å². The fraction of sp³-hybridized carbons (Fsp3) is 0.381. The largest absolute Gasteiger partial charge is 0.497 e. The minimum atomic E-state index is -3.71. The van der Waals surface area contributed by atoms with Gasteiger partial charge in [-0.05, 0) is 36.4 Å². The molecule has 1 fully saturated rings. The molecule has 162 valence electrons. The summed E-state index contributed by atoms with van der Waals surface area (Å²) in [6.45, 7) is 3.31. The number of methoxy groups -OCH3 is 1. The SMILES string of the molecule is CN=C(NCCS(=O)(=O)c1ccccc1F)N1CCN(c2ccc(OC)cc2)CC1. The van der Waals surface area contributed by atoms with E-state index in [1.54, 1.807) is 14.2 Å². The van der Waals surface area contributed by atoms with E-state index in [1.807, 2.05) is 24.3 Å². The first-order chi connectivity index (χ1) is 14.4. The number of sulfone groups is 1. The van der Waals surface area contributed by atoms with E-state index in [0.717, 1.165) is 43.7 Å². The van der Waals surface area contributed by atoms with Crippen LogP contribution in [-0.2, 0) is 9.84 Å². The van der Waals surface area contributed by atoms with Gasteiger partial charge in [0.15, 0.2) is 15.8 Å². The van der Waals surface area contributed by atoms with E-state index in [2.05, 4.69) is 20.1 Å². The number of nitrogens with zero attached hydrogens (tertiary/aromatic N) is 3. The van der Waals surface area contributed by atoms with Crippen LogP contribution in [0.5, 0.6) is 5.75 Å². The summed E-state index contributed by atoms with van der Waals surface area (Å²) >= 11 is 0. The number of anilines is 1. The second-order valence-corrected chi connectivity index (χ2v) is 8.97. The second kappa shape index (κ2) is 9.80. The van der Waals surface area contributed by atoms with Gasteiger partial charge in [-0.15, -0.1) is 0 Å². The highest BCUT2D eigenvalue weighted by atomic mass is 32.2. The van der Waals surface area contributed by atoms with E-state index in [9.17, 15) is 12.8 Å². The van der Waals surface area contributed by atoms with Gasteiger partial charge in [0, 0.05) is 45.5 Å². The van der Waals surface area contributed by atoms with Crippen molar-refractivity contribution in [3.63, 3.8) is 0 Å². The summed E-state index contributed by atoms with van der Waals surface area (Å²) in [6, 6.07) is 13.4. The first kappa shape index (κ1) is 21.9. The molecule has 1 aliphatic rings. The number of hydrogen-bond donors (Lipinski definition) is 1. The second-order valence-electron chi connectivity index (χ2n) is 6.90. The Bertz CT molecular complexity index is 972. The maximum atomic E-state index is 13.8. The zero-order valence-corrected chi connectivity index (χ0v) is 18.0. The van der Waals surface area contributed by atoms with E-state index in [1.165, 1.54) is 18.2 Å². The number of piperazine rings is 1. The van der Waals surface area contributed by atoms with Crippen molar-refractivity contribution in [3.8, 4) is 5.75 Å². The van der Waals surface area contributed by atoms with Gasteiger partial charge in [-0.3, -0.25) is 4.99 Å². The molecule has 0 aliphatic carbocycles. The molecular formula is C21H27FN4O3S. The third-order valence-electron chi connectivity index (χ3n) is 5.05. The predicted molar refractivity (Wildman–Crippen MR) is 117 cm³/mol. The van der Waals surface area contributed by atoms with Gasteiger partial charge in [-0.25, -0.2) is 12.8 Å². The molecule has 7 nitrogen and oxygen atoms in total. The maximum Gasteiger partial charge on any atom is 0.193 e. The highest BCUT2D eigenvalue weighted by Gasteiger charge is 2.22. The molecule has 3 rings (SSSR count). The number of halogens is 1. The summed E-state index contributed by atoms with van der Waals surface area (Å²) in [5, 5.41) is 3.09. The monoisotopic (exact) mass is 434 g/mol. The van der Waals surface area contributed by atoms with Crippen LogP contribution in [0.3, 0.4) is 0 Å². The number of aliphatic imine (C=N–C) groups is 1. The van der Waals surface area contributed by atoms with Crippen LogP contribution in [0.1, 0.15) is 0 Å². The number of benzene rings is 2. The zero-order chi connectivity index (χ0) is 21.6. The van der Waals surface area contributed by atoms with Crippen LogP contribution in [-0.4, -0.2) is 71.9 Å². The fourth-order valence-electron chi connectivity index (χ4n) is 3.41. The molecule has 2 aromatic rings. The number of guanidine groups is 1. The summed E-state index contributed by atoms with van der Waals surface area (Å²) < 4.78 is 43.8. The van der Waals surface area contributed by atoms with Crippen LogP contribution in [0.2, 0.25) is 0 Å². The Hall–Kier alpha value is -2.81. The van der Waals surface area contributed by atoms with Crippen molar-refractivity contribution in [2.45, 2.75) is 4.90 Å². The molecule has 0 saturated carbocycles. The Labute approximate surface area is 177 Å². The Morgan fingerprint density at radius 3 is 2.37 bits per heavy atom. The van der Waals surface area contributed by atoms with Gasteiger partial charge in [0.2, 0.25) is 0 Å². The maximum absolute atomic E-state index is 13.8. The van der Waals surface area contributed by atoms with Crippen LogP contribution < -0.4 is 15.0 Å². The molecule has 1 aliphatic heterocycles. The number of nitrogens with one attached hydrogen (secondary N) is 1. The topological polar surface area (TPSA) is 74.2 Å². The molecule has 9 heteroatoms. The van der Waals surface area contributed by atoms with Gasteiger partial charge in [0.25, 0.3) is 0 Å². The molecule has 1 N–H and O–H groups in total. The lowest BCUT2D eigenvalue weighted by molar-refractivity contribution is 0.373. The summed E-state index contributed by atoms with van der Waals surface area (Å²) in [7, 11) is -0.389. The van der Waals surface area contributed by atoms with Crippen molar-refractivity contribution < 1.29 is 17.5 Å². The van der Waals surface area contributed by atoms with Crippen molar-refractivity contribution in [2.75, 3.05) is 57.5 Å². The minimum Gasteiger partial charge on any atom is -0.497 e. The number of ether oxygens (including phenoxy) is 1.